The number of hydrogen-bond donors (Lipinski definition) is 0. The van der Waals surface area contributed by atoms with Crippen LogP contribution in [0.15, 0.2) is 12.3 Å². The third-order valence-corrected chi connectivity index (χ3v) is 3.64. The zero-order valence-corrected chi connectivity index (χ0v) is 11.5. The fourth-order valence-corrected chi connectivity index (χ4v) is 2.80. The summed E-state index contributed by atoms with van der Waals surface area (Å²) in [5.74, 6) is 0.105. The van der Waals surface area contributed by atoms with Gasteiger partial charge in [0.25, 0.3) is 0 Å². The standard InChI is InChI=1S/C14H22N2O2/c1-4-18-14(8-5-6-9-14)13(17)12-7-10-15-16(12)11(2)3/h7,10-11H,4-6,8-9H2,1-3H3. The third-order valence-electron chi connectivity index (χ3n) is 3.64. The highest BCUT2D eigenvalue weighted by Crippen LogP contribution is 2.36. The van der Waals surface area contributed by atoms with Crippen molar-refractivity contribution in [1.29, 1.82) is 0 Å². The van der Waals surface area contributed by atoms with Crippen molar-refractivity contribution in [2.24, 2.45) is 0 Å². The van der Waals surface area contributed by atoms with Gasteiger partial charge in [-0.1, -0.05) is 0 Å². The fraction of sp³-hybridized carbons (Fsp3) is 0.714. The Bertz CT molecular complexity index is 417. The zero-order valence-electron chi connectivity index (χ0n) is 11.5. The van der Waals surface area contributed by atoms with Crippen LogP contribution in [0.2, 0.25) is 0 Å². The molecule has 4 nitrogen and oxygen atoms in total. The molecule has 0 amide bonds. The first-order valence-corrected chi connectivity index (χ1v) is 6.83. The molecule has 1 fully saturated rings. The molecule has 100 valence electrons. The van der Waals surface area contributed by atoms with Crippen molar-refractivity contribution in [2.75, 3.05) is 6.61 Å². The summed E-state index contributed by atoms with van der Waals surface area (Å²) in [6, 6.07) is 2.00. The van der Waals surface area contributed by atoms with Crippen molar-refractivity contribution in [3.63, 3.8) is 0 Å². The molecule has 0 radical (unpaired) electrons. The van der Waals surface area contributed by atoms with Gasteiger partial charge in [0.1, 0.15) is 11.3 Å². The van der Waals surface area contributed by atoms with Gasteiger partial charge in [-0.25, -0.2) is 0 Å². The SMILES string of the molecule is CCOC1(C(=O)c2ccnn2C(C)C)CCCC1. The van der Waals surface area contributed by atoms with Gasteiger partial charge in [0.2, 0.25) is 5.78 Å². The lowest BCUT2D eigenvalue weighted by atomic mass is 9.93. The molecule has 0 aliphatic heterocycles. The lowest BCUT2D eigenvalue weighted by molar-refractivity contribution is -0.0171. The van der Waals surface area contributed by atoms with Crippen LogP contribution in [-0.4, -0.2) is 27.8 Å². The number of carbonyl (C=O) groups excluding carboxylic acids is 1. The van der Waals surface area contributed by atoms with E-state index in [0.717, 1.165) is 25.7 Å². The minimum atomic E-state index is -0.596. The van der Waals surface area contributed by atoms with Crippen LogP contribution >= 0.6 is 0 Å². The van der Waals surface area contributed by atoms with E-state index < -0.39 is 5.60 Å². The highest BCUT2D eigenvalue weighted by Gasteiger charge is 2.43. The van der Waals surface area contributed by atoms with Crippen LogP contribution in [0, 0.1) is 0 Å². The number of hydrogen-bond acceptors (Lipinski definition) is 3. The highest BCUT2D eigenvalue weighted by atomic mass is 16.5. The number of ketones is 1. The Kier molecular flexibility index (Phi) is 3.85. The van der Waals surface area contributed by atoms with Crippen LogP contribution in [0.5, 0.6) is 0 Å². The van der Waals surface area contributed by atoms with Crippen LogP contribution < -0.4 is 0 Å². The maximum atomic E-state index is 12.8. The van der Waals surface area contributed by atoms with E-state index in [-0.39, 0.29) is 11.8 Å². The second-order valence-corrected chi connectivity index (χ2v) is 5.22. The van der Waals surface area contributed by atoms with Gasteiger partial charge in [-0.15, -0.1) is 0 Å². The maximum Gasteiger partial charge on any atom is 0.212 e. The van der Waals surface area contributed by atoms with Crippen molar-refractivity contribution in [3.8, 4) is 0 Å². The van der Waals surface area contributed by atoms with Crippen LogP contribution in [0.1, 0.15) is 63.0 Å². The molecule has 0 unspecified atom stereocenters. The van der Waals surface area contributed by atoms with Crippen molar-refractivity contribution in [3.05, 3.63) is 18.0 Å². The summed E-state index contributed by atoms with van der Waals surface area (Å²) in [6.45, 7) is 6.60. The molecule has 0 saturated heterocycles. The fourth-order valence-electron chi connectivity index (χ4n) is 2.80. The Labute approximate surface area is 108 Å². The maximum absolute atomic E-state index is 12.8. The largest absolute Gasteiger partial charge is 0.367 e. The van der Waals surface area contributed by atoms with E-state index in [1.54, 1.807) is 16.9 Å². The average Bonchev–Trinajstić information content (AvgIpc) is 2.97. The molecule has 1 aromatic heterocycles. The molecule has 0 bridgehead atoms. The summed E-state index contributed by atoms with van der Waals surface area (Å²) in [6.07, 6.45) is 5.51. The molecule has 18 heavy (non-hydrogen) atoms. The predicted octanol–water partition coefficient (Wildman–Crippen LogP) is 3.00. The highest BCUT2D eigenvalue weighted by molar-refractivity contribution is 6.01. The lowest BCUT2D eigenvalue weighted by Gasteiger charge is -2.27. The summed E-state index contributed by atoms with van der Waals surface area (Å²) < 4.78 is 7.61. The number of Topliss-reactive ketones (excluding diaryl/α,β-unsaturated/α-hetero) is 1. The Balaban J connectivity index is 2.31. The second-order valence-electron chi connectivity index (χ2n) is 5.22. The first-order chi connectivity index (χ1) is 8.60. The van der Waals surface area contributed by atoms with E-state index in [9.17, 15) is 4.79 Å². The van der Waals surface area contributed by atoms with Gasteiger partial charge in [0.05, 0.1) is 0 Å². The van der Waals surface area contributed by atoms with Crippen LogP contribution in [0.25, 0.3) is 0 Å². The topological polar surface area (TPSA) is 44.1 Å². The van der Waals surface area contributed by atoms with Crippen molar-refractivity contribution in [2.45, 2.75) is 58.1 Å². The number of aromatic nitrogens is 2. The van der Waals surface area contributed by atoms with E-state index in [4.69, 9.17) is 4.74 Å². The number of nitrogens with zero attached hydrogens (tertiary/aromatic N) is 2. The molecule has 0 atom stereocenters. The van der Waals surface area contributed by atoms with E-state index in [2.05, 4.69) is 5.10 Å². The minimum Gasteiger partial charge on any atom is -0.367 e. The van der Waals surface area contributed by atoms with Crippen LogP contribution in [0.3, 0.4) is 0 Å². The van der Waals surface area contributed by atoms with Gasteiger partial charge in [-0.2, -0.15) is 5.10 Å². The molecule has 0 spiro atoms. The van der Waals surface area contributed by atoms with Gasteiger partial charge in [0.15, 0.2) is 0 Å². The quantitative estimate of drug-likeness (QED) is 0.755. The number of carbonyl (C=O) groups is 1. The summed E-state index contributed by atoms with van der Waals surface area (Å²) in [5.41, 5.74) is 0.0851. The molecule has 2 rings (SSSR count). The van der Waals surface area contributed by atoms with Gasteiger partial charge < -0.3 is 4.74 Å². The molecule has 4 heteroatoms. The molecule has 1 heterocycles. The molecule has 0 N–H and O–H groups in total. The summed E-state index contributed by atoms with van der Waals surface area (Å²) in [4.78, 5) is 12.8. The van der Waals surface area contributed by atoms with Gasteiger partial charge in [-0.3, -0.25) is 9.48 Å². The second kappa shape index (κ2) is 5.22. The normalized spacial score (nSPS) is 18.4. The predicted molar refractivity (Wildman–Crippen MR) is 69.8 cm³/mol. The van der Waals surface area contributed by atoms with E-state index >= 15 is 0 Å². The van der Waals surface area contributed by atoms with Crippen molar-refractivity contribution in [1.82, 2.24) is 9.78 Å². The Hall–Kier alpha value is -1.16. The molecule has 1 aliphatic carbocycles. The molecule has 0 aromatic carbocycles. The molecular formula is C14H22N2O2. The molecule has 1 saturated carbocycles. The third kappa shape index (κ3) is 2.21. The molecular weight excluding hydrogens is 228 g/mol. The smallest absolute Gasteiger partial charge is 0.212 e. The van der Waals surface area contributed by atoms with Gasteiger partial charge in [-0.05, 0) is 52.5 Å². The Morgan fingerprint density at radius 3 is 2.72 bits per heavy atom. The summed E-state index contributed by atoms with van der Waals surface area (Å²) in [7, 11) is 0. The molecule has 1 aromatic rings. The van der Waals surface area contributed by atoms with Crippen molar-refractivity contribution < 1.29 is 9.53 Å². The van der Waals surface area contributed by atoms with Crippen molar-refractivity contribution >= 4 is 5.78 Å². The number of ether oxygens (including phenoxy) is 1. The minimum absolute atomic E-state index is 0.105. The average molecular weight is 250 g/mol. The van der Waals surface area contributed by atoms with E-state index in [0.29, 0.717) is 12.3 Å². The Morgan fingerprint density at radius 1 is 1.50 bits per heavy atom. The first kappa shape index (κ1) is 13.3. The first-order valence-electron chi connectivity index (χ1n) is 6.83. The lowest BCUT2D eigenvalue weighted by Crippen LogP contribution is -2.40. The van der Waals surface area contributed by atoms with Gasteiger partial charge in [0, 0.05) is 18.8 Å². The molecule has 1 aliphatic rings. The van der Waals surface area contributed by atoms with Crippen LogP contribution in [0.4, 0.5) is 0 Å². The number of rotatable bonds is 5. The monoisotopic (exact) mass is 250 g/mol. The zero-order chi connectivity index (χ0) is 13.2. The van der Waals surface area contributed by atoms with E-state index in [1.165, 1.54) is 0 Å². The van der Waals surface area contributed by atoms with Gasteiger partial charge >= 0.3 is 0 Å². The Morgan fingerprint density at radius 2 is 2.17 bits per heavy atom. The van der Waals surface area contributed by atoms with Crippen LogP contribution in [-0.2, 0) is 4.74 Å². The summed E-state index contributed by atoms with van der Waals surface area (Å²) in [5, 5.41) is 4.24. The van der Waals surface area contributed by atoms with E-state index in [1.807, 2.05) is 20.8 Å². The summed E-state index contributed by atoms with van der Waals surface area (Å²) >= 11 is 0.